The highest BCUT2D eigenvalue weighted by Crippen LogP contribution is 2.19. The molecule has 4 nitrogen and oxygen atoms in total. The first kappa shape index (κ1) is 15.7. The first-order valence-electron chi connectivity index (χ1n) is 5.86. The van der Waals surface area contributed by atoms with Crippen molar-refractivity contribution in [3.8, 4) is 0 Å². The van der Waals surface area contributed by atoms with Crippen molar-refractivity contribution in [3.63, 3.8) is 0 Å². The van der Waals surface area contributed by atoms with Crippen molar-refractivity contribution < 1.29 is 9.53 Å². The normalized spacial score (nSPS) is 16.6. The van der Waals surface area contributed by atoms with E-state index in [1.807, 2.05) is 7.05 Å². The lowest BCUT2D eigenvalue weighted by molar-refractivity contribution is -0.128. The zero-order valence-electron chi connectivity index (χ0n) is 9.96. The zero-order valence-corrected chi connectivity index (χ0v) is 10.8. The molecule has 1 aliphatic rings. The summed E-state index contributed by atoms with van der Waals surface area (Å²) in [7, 11) is 1.87. The smallest absolute Gasteiger partial charge is 0.246 e. The number of hydrogen-bond acceptors (Lipinski definition) is 3. The van der Waals surface area contributed by atoms with Crippen LogP contribution in [-0.4, -0.2) is 38.8 Å². The molecule has 5 heteroatoms. The fraction of sp³-hybridized carbons (Fsp3) is 0.909. The van der Waals surface area contributed by atoms with Gasteiger partial charge in [0.1, 0.15) is 6.61 Å². The Labute approximate surface area is 104 Å². The van der Waals surface area contributed by atoms with E-state index in [4.69, 9.17) is 4.74 Å². The Morgan fingerprint density at radius 2 is 1.94 bits per heavy atom. The maximum atomic E-state index is 11.3. The standard InChI is InChI=1S/C11H22N2O2.ClH/c1-12-7-8-13-11(14)9-15-10-5-3-2-4-6-10;/h10,12H,2-9H2,1H3,(H,13,14);1H. The van der Waals surface area contributed by atoms with Crippen molar-refractivity contribution >= 4 is 18.3 Å². The number of carbonyl (C=O) groups is 1. The van der Waals surface area contributed by atoms with Crippen LogP contribution in [0.4, 0.5) is 0 Å². The molecule has 1 fully saturated rings. The topological polar surface area (TPSA) is 50.4 Å². The van der Waals surface area contributed by atoms with Gasteiger partial charge in [0.25, 0.3) is 0 Å². The minimum Gasteiger partial charge on any atom is -0.368 e. The zero-order chi connectivity index (χ0) is 10.9. The molecule has 0 aromatic rings. The summed E-state index contributed by atoms with van der Waals surface area (Å²) < 4.78 is 5.54. The molecule has 0 aromatic heterocycles. The maximum absolute atomic E-state index is 11.3. The molecule has 0 radical (unpaired) electrons. The molecule has 1 amide bonds. The van der Waals surface area contributed by atoms with E-state index >= 15 is 0 Å². The van der Waals surface area contributed by atoms with Gasteiger partial charge in [-0.3, -0.25) is 4.79 Å². The fourth-order valence-electron chi connectivity index (χ4n) is 1.80. The predicted octanol–water partition coefficient (Wildman–Crippen LogP) is 1.09. The molecule has 0 saturated heterocycles. The molecular weight excluding hydrogens is 228 g/mol. The Balaban J connectivity index is 0.00000225. The third-order valence-electron chi connectivity index (χ3n) is 2.70. The first-order valence-corrected chi connectivity index (χ1v) is 5.86. The van der Waals surface area contributed by atoms with Crippen LogP contribution in [0.5, 0.6) is 0 Å². The van der Waals surface area contributed by atoms with E-state index in [1.165, 1.54) is 19.3 Å². The quantitative estimate of drug-likeness (QED) is 0.694. The van der Waals surface area contributed by atoms with Gasteiger partial charge < -0.3 is 15.4 Å². The molecule has 0 aliphatic heterocycles. The summed E-state index contributed by atoms with van der Waals surface area (Å²) in [4.78, 5) is 11.3. The molecule has 0 unspecified atom stereocenters. The van der Waals surface area contributed by atoms with Crippen molar-refractivity contribution in [1.82, 2.24) is 10.6 Å². The lowest BCUT2D eigenvalue weighted by Crippen LogP contribution is -2.34. The van der Waals surface area contributed by atoms with Crippen LogP contribution in [0.1, 0.15) is 32.1 Å². The number of hydrogen-bond donors (Lipinski definition) is 2. The molecule has 1 rings (SSSR count). The molecule has 0 aromatic carbocycles. The van der Waals surface area contributed by atoms with Crippen molar-refractivity contribution in [2.75, 3.05) is 26.7 Å². The summed E-state index contributed by atoms with van der Waals surface area (Å²) >= 11 is 0. The molecule has 0 bridgehead atoms. The van der Waals surface area contributed by atoms with Crippen LogP contribution in [-0.2, 0) is 9.53 Å². The lowest BCUT2D eigenvalue weighted by Gasteiger charge is -2.21. The van der Waals surface area contributed by atoms with Gasteiger partial charge in [0.2, 0.25) is 5.91 Å². The highest BCUT2D eigenvalue weighted by Gasteiger charge is 2.14. The van der Waals surface area contributed by atoms with Crippen LogP contribution >= 0.6 is 12.4 Å². The van der Waals surface area contributed by atoms with E-state index in [0.29, 0.717) is 12.6 Å². The number of carbonyl (C=O) groups excluding carboxylic acids is 1. The summed E-state index contributed by atoms with van der Waals surface area (Å²) in [5.41, 5.74) is 0. The van der Waals surface area contributed by atoms with Crippen LogP contribution in [0.3, 0.4) is 0 Å². The van der Waals surface area contributed by atoms with Gasteiger partial charge in [0.15, 0.2) is 0 Å². The molecule has 0 spiro atoms. The minimum atomic E-state index is -0.00387. The molecule has 0 atom stereocenters. The predicted molar refractivity (Wildman–Crippen MR) is 67.0 cm³/mol. The Kier molecular flexibility index (Phi) is 9.68. The second-order valence-electron chi connectivity index (χ2n) is 4.02. The Morgan fingerprint density at radius 1 is 1.25 bits per heavy atom. The third kappa shape index (κ3) is 7.04. The highest BCUT2D eigenvalue weighted by molar-refractivity contribution is 5.85. The highest BCUT2D eigenvalue weighted by atomic mass is 35.5. The number of nitrogens with one attached hydrogen (secondary N) is 2. The molecule has 16 heavy (non-hydrogen) atoms. The van der Waals surface area contributed by atoms with Crippen molar-refractivity contribution in [2.24, 2.45) is 0 Å². The van der Waals surface area contributed by atoms with Crippen LogP contribution in [0.15, 0.2) is 0 Å². The minimum absolute atomic E-state index is 0. The molecule has 1 saturated carbocycles. The molecule has 96 valence electrons. The summed E-state index contributed by atoms with van der Waals surface area (Å²) in [6.45, 7) is 1.69. The van der Waals surface area contributed by atoms with Crippen LogP contribution < -0.4 is 10.6 Å². The van der Waals surface area contributed by atoms with E-state index in [9.17, 15) is 4.79 Å². The second-order valence-corrected chi connectivity index (χ2v) is 4.02. The van der Waals surface area contributed by atoms with Gasteiger partial charge in [-0.1, -0.05) is 19.3 Å². The monoisotopic (exact) mass is 250 g/mol. The van der Waals surface area contributed by atoms with Crippen LogP contribution in [0, 0.1) is 0 Å². The van der Waals surface area contributed by atoms with E-state index in [0.717, 1.165) is 19.4 Å². The summed E-state index contributed by atoms with van der Waals surface area (Å²) in [6.07, 6.45) is 6.34. The van der Waals surface area contributed by atoms with E-state index in [-0.39, 0.29) is 24.9 Å². The first-order chi connectivity index (χ1) is 7.33. The van der Waals surface area contributed by atoms with Gasteiger partial charge in [-0.15, -0.1) is 12.4 Å². The fourth-order valence-corrected chi connectivity index (χ4v) is 1.80. The number of ether oxygens (including phenoxy) is 1. The Hall–Kier alpha value is -0.320. The van der Waals surface area contributed by atoms with Crippen LogP contribution in [0.2, 0.25) is 0 Å². The van der Waals surface area contributed by atoms with Gasteiger partial charge in [-0.25, -0.2) is 0 Å². The average Bonchev–Trinajstić information content (AvgIpc) is 2.28. The summed E-state index contributed by atoms with van der Waals surface area (Å²) in [5, 5.41) is 5.77. The van der Waals surface area contributed by atoms with Crippen molar-refractivity contribution in [2.45, 2.75) is 38.2 Å². The number of rotatable bonds is 6. The Bertz CT molecular complexity index is 185. The molecular formula is C11H23ClN2O2. The largest absolute Gasteiger partial charge is 0.368 e. The van der Waals surface area contributed by atoms with E-state index in [1.54, 1.807) is 0 Å². The van der Waals surface area contributed by atoms with Crippen molar-refractivity contribution in [3.05, 3.63) is 0 Å². The SMILES string of the molecule is CNCCNC(=O)COC1CCCCC1.Cl. The second kappa shape index (κ2) is 9.87. The number of likely N-dealkylation sites (N-methyl/N-ethyl adjacent to an activating group) is 1. The number of halogens is 1. The third-order valence-corrected chi connectivity index (χ3v) is 2.70. The van der Waals surface area contributed by atoms with Crippen molar-refractivity contribution in [1.29, 1.82) is 0 Å². The number of amides is 1. The summed E-state index contributed by atoms with van der Waals surface area (Å²) in [6, 6.07) is 0. The van der Waals surface area contributed by atoms with E-state index in [2.05, 4.69) is 10.6 Å². The lowest BCUT2D eigenvalue weighted by atomic mass is 9.98. The molecule has 0 heterocycles. The van der Waals surface area contributed by atoms with Gasteiger partial charge in [0, 0.05) is 13.1 Å². The van der Waals surface area contributed by atoms with Gasteiger partial charge >= 0.3 is 0 Å². The van der Waals surface area contributed by atoms with Gasteiger partial charge in [0.05, 0.1) is 6.10 Å². The molecule has 1 aliphatic carbocycles. The van der Waals surface area contributed by atoms with E-state index < -0.39 is 0 Å². The maximum Gasteiger partial charge on any atom is 0.246 e. The van der Waals surface area contributed by atoms with Crippen LogP contribution in [0.25, 0.3) is 0 Å². The Morgan fingerprint density at radius 3 is 2.56 bits per heavy atom. The molecule has 2 N–H and O–H groups in total. The summed E-state index contributed by atoms with van der Waals surface area (Å²) in [5.74, 6) is -0.00387. The van der Waals surface area contributed by atoms with Gasteiger partial charge in [-0.2, -0.15) is 0 Å². The van der Waals surface area contributed by atoms with Gasteiger partial charge in [-0.05, 0) is 19.9 Å². The average molecular weight is 251 g/mol.